The maximum Gasteiger partial charge on any atom is 0.336 e. The van der Waals surface area contributed by atoms with E-state index in [1.165, 1.54) is 0 Å². The van der Waals surface area contributed by atoms with E-state index in [4.69, 9.17) is 11.6 Å². The molecule has 0 spiro atoms. The summed E-state index contributed by atoms with van der Waals surface area (Å²) < 4.78 is 0. The summed E-state index contributed by atoms with van der Waals surface area (Å²) in [4.78, 5) is 16.3. The van der Waals surface area contributed by atoms with Crippen LogP contribution < -0.4 is 0 Å². The number of aromatic nitrogens is 1. The van der Waals surface area contributed by atoms with Crippen molar-refractivity contribution < 1.29 is 9.90 Å². The van der Waals surface area contributed by atoms with Gasteiger partial charge in [-0.15, -0.1) is 0 Å². The SMILES string of the molecule is Cc1c(-c2ccccc2)nc2cccc(Cl)c2c1C(=O)O. The van der Waals surface area contributed by atoms with Crippen LogP contribution in [0.1, 0.15) is 15.9 Å². The van der Waals surface area contributed by atoms with E-state index in [1.54, 1.807) is 25.1 Å². The highest BCUT2D eigenvalue weighted by molar-refractivity contribution is 6.36. The van der Waals surface area contributed by atoms with Gasteiger partial charge in [0.25, 0.3) is 0 Å². The zero-order valence-electron chi connectivity index (χ0n) is 11.3. The van der Waals surface area contributed by atoms with Gasteiger partial charge in [-0.25, -0.2) is 9.78 Å². The predicted octanol–water partition coefficient (Wildman–Crippen LogP) is 4.56. The summed E-state index contributed by atoms with van der Waals surface area (Å²) in [7, 11) is 0. The summed E-state index contributed by atoms with van der Waals surface area (Å²) in [5.74, 6) is -0.995. The Bertz CT molecular complexity index is 844. The number of aromatic carboxylic acids is 1. The summed E-state index contributed by atoms with van der Waals surface area (Å²) in [6.07, 6.45) is 0. The van der Waals surface area contributed by atoms with Crippen molar-refractivity contribution in [2.75, 3.05) is 0 Å². The molecule has 0 saturated heterocycles. The van der Waals surface area contributed by atoms with Gasteiger partial charge in [0.15, 0.2) is 0 Å². The molecule has 3 nitrogen and oxygen atoms in total. The molecule has 21 heavy (non-hydrogen) atoms. The molecule has 0 amide bonds. The number of fused-ring (bicyclic) bond motifs is 1. The first-order valence-electron chi connectivity index (χ1n) is 6.47. The van der Waals surface area contributed by atoms with Crippen molar-refractivity contribution in [2.45, 2.75) is 6.92 Å². The van der Waals surface area contributed by atoms with Crippen LogP contribution in [-0.2, 0) is 0 Å². The minimum Gasteiger partial charge on any atom is -0.478 e. The standard InChI is InChI=1S/C17H12ClNO2/c1-10-14(17(20)21)15-12(18)8-5-9-13(15)19-16(10)11-6-3-2-4-7-11/h2-9H,1H3,(H,20,21). The molecule has 2 aromatic carbocycles. The molecule has 3 aromatic rings. The van der Waals surface area contributed by atoms with Gasteiger partial charge in [0.05, 0.1) is 21.8 Å². The van der Waals surface area contributed by atoms with Gasteiger partial charge in [0.1, 0.15) is 0 Å². The first-order chi connectivity index (χ1) is 10.1. The number of hydrogen-bond donors (Lipinski definition) is 1. The van der Waals surface area contributed by atoms with Crippen LogP contribution in [0.5, 0.6) is 0 Å². The molecule has 0 aliphatic carbocycles. The van der Waals surface area contributed by atoms with Gasteiger partial charge < -0.3 is 5.11 Å². The molecule has 3 rings (SSSR count). The lowest BCUT2D eigenvalue weighted by atomic mass is 9.98. The van der Waals surface area contributed by atoms with Gasteiger partial charge >= 0.3 is 5.97 Å². The molecule has 0 radical (unpaired) electrons. The van der Waals surface area contributed by atoms with Gasteiger partial charge in [-0.1, -0.05) is 48.0 Å². The second-order valence-corrected chi connectivity index (χ2v) is 5.17. The fraction of sp³-hybridized carbons (Fsp3) is 0.0588. The van der Waals surface area contributed by atoms with E-state index >= 15 is 0 Å². The third kappa shape index (κ3) is 2.26. The van der Waals surface area contributed by atoms with Crippen molar-refractivity contribution in [3.05, 3.63) is 64.7 Å². The number of halogens is 1. The number of nitrogens with zero attached hydrogens (tertiary/aromatic N) is 1. The highest BCUT2D eigenvalue weighted by Gasteiger charge is 2.19. The lowest BCUT2D eigenvalue weighted by Gasteiger charge is -2.12. The average Bonchev–Trinajstić information content (AvgIpc) is 2.48. The summed E-state index contributed by atoms with van der Waals surface area (Å²) in [6.45, 7) is 1.77. The highest BCUT2D eigenvalue weighted by atomic mass is 35.5. The van der Waals surface area contributed by atoms with E-state index in [1.807, 2.05) is 30.3 Å². The third-order valence-corrected chi connectivity index (χ3v) is 3.78. The Labute approximate surface area is 126 Å². The molecule has 4 heteroatoms. The largest absolute Gasteiger partial charge is 0.478 e. The molecule has 1 N–H and O–H groups in total. The van der Waals surface area contributed by atoms with Crippen LogP contribution in [0, 0.1) is 6.92 Å². The minimum absolute atomic E-state index is 0.212. The van der Waals surface area contributed by atoms with E-state index in [-0.39, 0.29) is 5.56 Å². The van der Waals surface area contributed by atoms with Gasteiger partial charge in [-0.05, 0) is 24.6 Å². The average molecular weight is 298 g/mol. The van der Waals surface area contributed by atoms with Crippen molar-refractivity contribution in [3.8, 4) is 11.3 Å². The molecule has 104 valence electrons. The minimum atomic E-state index is -0.995. The summed E-state index contributed by atoms with van der Waals surface area (Å²) in [5.41, 5.74) is 2.98. The Morgan fingerprint density at radius 1 is 1.10 bits per heavy atom. The summed E-state index contributed by atoms with van der Waals surface area (Å²) in [5, 5.41) is 10.5. The topological polar surface area (TPSA) is 50.2 Å². The first-order valence-corrected chi connectivity index (χ1v) is 6.85. The molecular formula is C17H12ClNO2. The molecule has 0 aliphatic rings. The second-order valence-electron chi connectivity index (χ2n) is 4.77. The van der Waals surface area contributed by atoms with Crippen LogP contribution in [0.2, 0.25) is 5.02 Å². The third-order valence-electron chi connectivity index (χ3n) is 3.47. The van der Waals surface area contributed by atoms with E-state index in [2.05, 4.69) is 4.98 Å². The maximum absolute atomic E-state index is 11.7. The normalized spacial score (nSPS) is 10.8. The Hall–Kier alpha value is -2.39. The molecule has 0 bridgehead atoms. The molecule has 0 fully saturated rings. The predicted molar refractivity (Wildman–Crippen MR) is 83.9 cm³/mol. The fourth-order valence-corrected chi connectivity index (χ4v) is 2.77. The summed E-state index contributed by atoms with van der Waals surface area (Å²) in [6, 6.07) is 14.8. The van der Waals surface area contributed by atoms with Crippen LogP contribution in [0.3, 0.4) is 0 Å². The quantitative estimate of drug-likeness (QED) is 0.754. The van der Waals surface area contributed by atoms with Gasteiger partial charge in [0, 0.05) is 10.9 Å². The lowest BCUT2D eigenvalue weighted by molar-refractivity contribution is 0.0698. The first kappa shape index (κ1) is 13.6. The number of carbonyl (C=O) groups is 1. The zero-order valence-corrected chi connectivity index (χ0v) is 12.1. The van der Waals surface area contributed by atoms with Crippen molar-refractivity contribution >= 4 is 28.5 Å². The van der Waals surface area contributed by atoms with Crippen LogP contribution in [0.15, 0.2) is 48.5 Å². The maximum atomic E-state index is 11.7. The second kappa shape index (κ2) is 5.19. The molecule has 0 saturated carbocycles. The number of hydrogen-bond acceptors (Lipinski definition) is 2. The highest BCUT2D eigenvalue weighted by Crippen LogP contribution is 2.33. The Morgan fingerprint density at radius 3 is 2.48 bits per heavy atom. The molecule has 0 atom stereocenters. The van der Waals surface area contributed by atoms with Gasteiger partial charge in [-0.3, -0.25) is 0 Å². The number of carboxylic acid groups (broad SMARTS) is 1. The Morgan fingerprint density at radius 2 is 1.81 bits per heavy atom. The van der Waals surface area contributed by atoms with E-state index < -0.39 is 5.97 Å². The summed E-state index contributed by atoms with van der Waals surface area (Å²) >= 11 is 6.17. The van der Waals surface area contributed by atoms with Crippen molar-refractivity contribution in [2.24, 2.45) is 0 Å². The number of carboxylic acids is 1. The van der Waals surface area contributed by atoms with E-state index in [9.17, 15) is 9.90 Å². The smallest absolute Gasteiger partial charge is 0.336 e. The molecule has 1 heterocycles. The monoisotopic (exact) mass is 297 g/mol. The van der Waals surface area contributed by atoms with Crippen LogP contribution in [0.4, 0.5) is 0 Å². The number of pyridine rings is 1. The molecule has 0 unspecified atom stereocenters. The van der Waals surface area contributed by atoms with Gasteiger partial charge in [0.2, 0.25) is 0 Å². The van der Waals surface area contributed by atoms with Crippen molar-refractivity contribution in [1.82, 2.24) is 4.98 Å². The van der Waals surface area contributed by atoms with Crippen LogP contribution in [0.25, 0.3) is 22.2 Å². The van der Waals surface area contributed by atoms with Crippen molar-refractivity contribution in [1.29, 1.82) is 0 Å². The van der Waals surface area contributed by atoms with Gasteiger partial charge in [-0.2, -0.15) is 0 Å². The van der Waals surface area contributed by atoms with E-state index in [0.717, 1.165) is 5.56 Å². The Kier molecular flexibility index (Phi) is 3.35. The van der Waals surface area contributed by atoms with Crippen LogP contribution in [-0.4, -0.2) is 16.1 Å². The lowest BCUT2D eigenvalue weighted by Crippen LogP contribution is -2.05. The Balaban J connectivity index is 2.44. The zero-order chi connectivity index (χ0) is 15.0. The number of benzene rings is 2. The van der Waals surface area contributed by atoms with E-state index in [0.29, 0.717) is 27.2 Å². The molecular weight excluding hydrogens is 286 g/mol. The van der Waals surface area contributed by atoms with Crippen LogP contribution >= 0.6 is 11.6 Å². The molecule has 0 aliphatic heterocycles. The number of rotatable bonds is 2. The molecule has 1 aromatic heterocycles. The van der Waals surface area contributed by atoms with Crippen molar-refractivity contribution in [3.63, 3.8) is 0 Å². The fourth-order valence-electron chi connectivity index (χ4n) is 2.51.